The summed E-state index contributed by atoms with van der Waals surface area (Å²) in [6.45, 7) is 0. The summed E-state index contributed by atoms with van der Waals surface area (Å²) in [5.41, 5.74) is 3.52. The molecule has 2 aromatic carbocycles. The number of fused-ring (bicyclic) bond motifs is 1. The van der Waals surface area contributed by atoms with Gasteiger partial charge in [-0.25, -0.2) is 8.42 Å². The Labute approximate surface area is 117 Å². The zero-order valence-electron chi connectivity index (χ0n) is 10.9. The molecule has 0 bridgehead atoms. The average Bonchev–Trinajstić information content (AvgIpc) is 2.80. The molecule has 4 nitrogen and oxygen atoms in total. The van der Waals surface area contributed by atoms with Gasteiger partial charge in [0.2, 0.25) is 10.0 Å². The molecular formula is C15H14N2O2S. The lowest BCUT2D eigenvalue weighted by Gasteiger charge is -2.05. The quantitative estimate of drug-likeness (QED) is 0.776. The number of sulfonamides is 1. The van der Waals surface area contributed by atoms with Gasteiger partial charge in [0.25, 0.3) is 0 Å². The van der Waals surface area contributed by atoms with Gasteiger partial charge in [0.05, 0.1) is 6.26 Å². The predicted molar refractivity (Wildman–Crippen MR) is 82.2 cm³/mol. The number of aromatic nitrogens is 1. The second-order valence-corrected chi connectivity index (χ2v) is 6.47. The van der Waals surface area contributed by atoms with Crippen molar-refractivity contribution >= 4 is 26.6 Å². The number of benzene rings is 2. The number of hydrogen-bond donors (Lipinski definition) is 2. The molecule has 0 spiro atoms. The number of hydrogen-bond acceptors (Lipinski definition) is 2. The molecule has 1 heterocycles. The van der Waals surface area contributed by atoms with E-state index in [1.165, 1.54) is 0 Å². The molecule has 0 aliphatic rings. The van der Waals surface area contributed by atoms with Gasteiger partial charge < -0.3 is 4.98 Å². The van der Waals surface area contributed by atoms with Crippen molar-refractivity contribution in [2.45, 2.75) is 0 Å². The third-order valence-corrected chi connectivity index (χ3v) is 3.61. The summed E-state index contributed by atoms with van der Waals surface area (Å²) < 4.78 is 25.0. The summed E-state index contributed by atoms with van der Waals surface area (Å²) in [7, 11) is -3.26. The molecule has 3 rings (SSSR count). The van der Waals surface area contributed by atoms with Crippen LogP contribution in [0.5, 0.6) is 0 Å². The van der Waals surface area contributed by atoms with Crippen molar-refractivity contribution in [1.82, 2.24) is 4.98 Å². The smallest absolute Gasteiger partial charge is 0.229 e. The van der Waals surface area contributed by atoms with Crippen molar-refractivity contribution in [2.75, 3.05) is 11.0 Å². The van der Waals surface area contributed by atoms with Crippen LogP contribution in [0.2, 0.25) is 0 Å². The standard InChI is InChI=1S/C15H14N2O2S/c1-20(18,19)17-13-7-4-6-11(9-13)15-10-12-5-2-3-8-14(12)16-15/h2-10,16-17H,1H3. The summed E-state index contributed by atoms with van der Waals surface area (Å²) in [5, 5.41) is 1.13. The minimum atomic E-state index is -3.26. The molecule has 20 heavy (non-hydrogen) atoms. The van der Waals surface area contributed by atoms with Gasteiger partial charge in [-0.1, -0.05) is 30.3 Å². The van der Waals surface area contributed by atoms with Crippen molar-refractivity contribution < 1.29 is 8.42 Å². The summed E-state index contributed by atoms with van der Waals surface area (Å²) in [6.07, 6.45) is 1.14. The molecule has 0 unspecified atom stereocenters. The van der Waals surface area contributed by atoms with Crippen LogP contribution in [0.25, 0.3) is 22.2 Å². The zero-order valence-corrected chi connectivity index (χ0v) is 11.7. The van der Waals surface area contributed by atoms with Crippen molar-refractivity contribution in [3.8, 4) is 11.3 Å². The molecule has 5 heteroatoms. The number of nitrogens with one attached hydrogen (secondary N) is 2. The third-order valence-electron chi connectivity index (χ3n) is 3.01. The Morgan fingerprint density at radius 3 is 2.55 bits per heavy atom. The van der Waals surface area contributed by atoms with Crippen molar-refractivity contribution in [2.24, 2.45) is 0 Å². The number of anilines is 1. The van der Waals surface area contributed by atoms with Crippen molar-refractivity contribution in [1.29, 1.82) is 0 Å². The molecule has 3 aromatic rings. The van der Waals surface area contributed by atoms with E-state index in [4.69, 9.17) is 0 Å². The Bertz CT molecular complexity index is 833. The molecule has 1 aromatic heterocycles. The lowest BCUT2D eigenvalue weighted by molar-refractivity contribution is 0.607. The topological polar surface area (TPSA) is 62.0 Å². The summed E-state index contributed by atoms with van der Waals surface area (Å²) in [5.74, 6) is 0. The van der Waals surface area contributed by atoms with Gasteiger partial charge in [-0.05, 0) is 24.3 Å². The Hall–Kier alpha value is -2.27. The Morgan fingerprint density at radius 2 is 1.80 bits per heavy atom. The van der Waals surface area contributed by atoms with Crippen LogP contribution in [0.4, 0.5) is 5.69 Å². The fraction of sp³-hybridized carbons (Fsp3) is 0.0667. The normalized spacial score (nSPS) is 11.7. The Balaban J connectivity index is 2.03. The maximum absolute atomic E-state index is 11.3. The Kier molecular flexibility index (Phi) is 2.99. The Morgan fingerprint density at radius 1 is 1.00 bits per heavy atom. The largest absolute Gasteiger partial charge is 0.355 e. The van der Waals surface area contributed by atoms with Gasteiger partial charge in [-0.2, -0.15) is 0 Å². The van der Waals surface area contributed by atoms with E-state index in [1.807, 2.05) is 42.5 Å². The fourth-order valence-electron chi connectivity index (χ4n) is 2.19. The second kappa shape index (κ2) is 4.68. The highest BCUT2D eigenvalue weighted by molar-refractivity contribution is 7.92. The van der Waals surface area contributed by atoms with Crippen molar-refractivity contribution in [3.05, 3.63) is 54.6 Å². The first kappa shape index (κ1) is 12.7. The maximum Gasteiger partial charge on any atom is 0.229 e. The van der Waals surface area contributed by atoms with Crippen LogP contribution in [-0.2, 0) is 10.0 Å². The molecule has 0 amide bonds. The lowest BCUT2D eigenvalue weighted by atomic mass is 10.1. The number of rotatable bonds is 3. The minimum Gasteiger partial charge on any atom is -0.355 e. The molecule has 102 valence electrons. The molecule has 0 radical (unpaired) electrons. The van der Waals surface area contributed by atoms with E-state index in [2.05, 4.69) is 15.8 Å². The number of H-pyrrole nitrogens is 1. The van der Waals surface area contributed by atoms with Gasteiger partial charge >= 0.3 is 0 Å². The molecule has 0 saturated carbocycles. The second-order valence-electron chi connectivity index (χ2n) is 4.73. The third kappa shape index (κ3) is 2.67. The van der Waals surface area contributed by atoms with E-state index in [1.54, 1.807) is 6.07 Å². The van der Waals surface area contributed by atoms with Crippen LogP contribution in [0.15, 0.2) is 54.6 Å². The highest BCUT2D eigenvalue weighted by Gasteiger charge is 2.06. The van der Waals surface area contributed by atoms with Crippen LogP contribution in [0.3, 0.4) is 0 Å². The number of aromatic amines is 1. The summed E-state index contributed by atoms with van der Waals surface area (Å²) >= 11 is 0. The van der Waals surface area contributed by atoms with E-state index < -0.39 is 10.0 Å². The van der Waals surface area contributed by atoms with Gasteiger partial charge in [0, 0.05) is 27.8 Å². The summed E-state index contributed by atoms with van der Waals surface area (Å²) in [4.78, 5) is 3.32. The average molecular weight is 286 g/mol. The molecule has 0 saturated heterocycles. The maximum atomic E-state index is 11.3. The molecule has 0 fully saturated rings. The highest BCUT2D eigenvalue weighted by atomic mass is 32.2. The van der Waals surface area contributed by atoms with Crippen LogP contribution in [-0.4, -0.2) is 19.7 Å². The molecule has 0 aliphatic carbocycles. The van der Waals surface area contributed by atoms with E-state index >= 15 is 0 Å². The lowest BCUT2D eigenvalue weighted by Crippen LogP contribution is -2.09. The highest BCUT2D eigenvalue weighted by Crippen LogP contribution is 2.26. The van der Waals surface area contributed by atoms with Gasteiger partial charge in [0.15, 0.2) is 0 Å². The van der Waals surface area contributed by atoms with Crippen LogP contribution in [0, 0.1) is 0 Å². The molecule has 0 atom stereocenters. The molecule has 0 aliphatic heterocycles. The van der Waals surface area contributed by atoms with E-state index in [0.717, 1.165) is 28.4 Å². The van der Waals surface area contributed by atoms with Gasteiger partial charge in [0.1, 0.15) is 0 Å². The van der Waals surface area contributed by atoms with E-state index in [-0.39, 0.29) is 0 Å². The summed E-state index contributed by atoms with van der Waals surface area (Å²) in [6, 6.07) is 17.4. The monoisotopic (exact) mass is 286 g/mol. The van der Waals surface area contributed by atoms with Crippen LogP contribution >= 0.6 is 0 Å². The van der Waals surface area contributed by atoms with Crippen molar-refractivity contribution in [3.63, 3.8) is 0 Å². The first-order valence-electron chi connectivity index (χ1n) is 6.17. The molecule has 2 N–H and O–H groups in total. The van der Waals surface area contributed by atoms with Gasteiger partial charge in [-0.15, -0.1) is 0 Å². The first-order chi connectivity index (χ1) is 9.51. The van der Waals surface area contributed by atoms with Crippen LogP contribution in [0.1, 0.15) is 0 Å². The van der Waals surface area contributed by atoms with Crippen LogP contribution < -0.4 is 4.72 Å². The predicted octanol–water partition coefficient (Wildman–Crippen LogP) is 3.21. The van der Waals surface area contributed by atoms with E-state index in [9.17, 15) is 8.42 Å². The van der Waals surface area contributed by atoms with Gasteiger partial charge in [-0.3, -0.25) is 4.72 Å². The first-order valence-corrected chi connectivity index (χ1v) is 8.06. The number of para-hydroxylation sites is 1. The minimum absolute atomic E-state index is 0.559. The van der Waals surface area contributed by atoms with E-state index in [0.29, 0.717) is 5.69 Å². The zero-order chi connectivity index (χ0) is 14.2. The SMILES string of the molecule is CS(=O)(=O)Nc1cccc(-c2cc3ccccc3[nH]2)c1. The molecular weight excluding hydrogens is 272 g/mol. The fourth-order valence-corrected chi connectivity index (χ4v) is 2.75.